The summed E-state index contributed by atoms with van der Waals surface area (Å²) in [6.45, 7) is 4.74. The molecule has 1 fully saturated rings. The molecule has 0 amide bonds. The quantitative estimate of drug-likeness (QED) is 0.614. The molecular formula is C20H22BrN3O2S. The molecule has 1 saturated heterocycles. The third-order valence-corrected chi connectivity index (χ3v) is 7.93. The fourth-order valence-electron chi connectivity index (χ4n) is 3.56. The number of rotatable bonds is 4. The summed E-state index contributed by atoms with van der Waals surface area (Å²) in [6, 6.07) is 16.3. The fraction of sp³-hybridized carbons (Fsp3) is 0.300. The summed E-state index contributed by atoms with van der Waals surface area (Å²) in [5.41, 5.74) is 1.73. The van der Waals surface area contributed by atoms with Crippen LogP contribution in [0.1, 0.15) is 5.56 Å². The lowest BCUT2D eigenvalue weighted by atomic mass is 10.1. The molecule has 0 aliphatic carbocycles. The standard InChI is InChI=1S/C20H22BrN3O2S/c1-22-11-13-23(14-12-22)15-18-17-9-5-6-10-19(17)24(20(18)21)27(25,26)16-7-3-2-4-8-16/h2-10H,11-15H2,1H3. The van der Waals surface area contributed by atoms with Crippen LogP contribution in [0.5, 0.6) is 0 Å². The van der Waals surface area contributed by atoms with Crippen molar-refractivity contribution < 1.29 is 8.42 Å². The number of aromatic nitrogens is 1. The number of para-hydroxylation sites is 1. The van der Waals surface area contributed by atoms with Crippen molar-refractivity contribution in [3.63, 3.8) is 0 Å². The summed E-state index contributed by atoms with van der Waals surface area (Å²) in [7, 11) is -1.55. The van der Waals surface area contributed by atoms with Gasteiger partial charge in [-0.05, 0) is 41.2 Å². The molecule has 7 heteroatoms. The van der Waals surface area contributed by atoms with Crippen molar-refractivity contribution in [2.75, 3.05) is 33.2 Å². The first kappa shape index (κ1) is 18.7. The fourth-order valence-corrected chi connectivity index (χ4v) is 6.11. The summed E-state index contributed by atoms with van der Waals surface area (Å²) < 4.78 is 28.7. The molecule has 0 bridgehead atoms. The Hall–Kier alpha value is -1.67. The second-order valence-electron chi connectivity index (χ2n) is 6.95. The summed E-state index contributed by atoms with van der Waals surface area (Å²) in [5, 5.41) is 0.975. The van der Waals surface area contributed by atoms with Gasteiger partial charge in [0.25, 0.3) is 10.0 Å². The van der Waals surface area contributed by atoms with E-state index in [0.717, 1.165) is 43.7 Å². The zero-order valence-corrected chi connectivity index (χ0v) is 17.6. The zero-order chi connectivity index (χ0) is 19.0. The maximum atomic E-state index is 13.3. The Bertz CT molecular complexity index is 1060. The van der Waals surface area contributed by atoms with E-state index in [1.54, 1.807) is 24.3 Å². The molecule has 4 rings (SSSR count). The summed E-state index contributed by atoms with van der Waals surface area (Å²) >= 11 is 3.61. The van der Waals surface area contributed by atoms with Crippen LogP contribution in [-0.4, -0.2) is 55.4 Å². The average molecular weight is 448 g/mol. The van der Waals surface area contributed by atoms with Crippen molar-refractivity contribution in [3.8, 4) is 0 Å². The maximum absolute atomic E-state index is 13.3. The molecule has 0 radical (unpaired) electrons. The first-order chi connectivity index (χ1) is 13.0. The average Bonchev–Trinajstić information content (AvgIpc) is 2.96. The van der Waals surface area contributed by atoms with Gasteiger partial charge in [-0.2, -0.15) is 0 Å². The molecule has 3 aromatic rings. The van der Waals surface area contributed by atoms with E-state index in [4.69, 9.17) is 0 Å². The molecule has 0 atom stereocenters. The predicted molar refractivity (Wildman–Crippen MR) is 111 cm³/mol. The highest BCUT2D eigenvalue weighted by Gasteiger charge is 2.27. The van der Waals surface area contributed by atoms with Crippen LogP contribution in [0.4, 0.5) is 0 Å². The summed E-state index contributed by atoms with van der Waals surface area (Å²) in [6.07, 6.45) is 0. The molecule has 1 aromatic heterocycles. The van der Waals surface area contributed by atoms with Crippen molar-refractivity contribution in [1.82, 2.24) is 13.8 Å². The number of hydrogen-bond acceptors (Lipinski definition) is 4. The third kappa shape index (κ3) is 3.45. The summed E-state index contributed by atoms with van der Waals surface area (Å²) in [4.78, 5) is 4.98. The molecule has 5 nitrogen and oxygen atoms in total. The smallest absolute Gasteiger partial charge is 0.269 e. The number of hydrogen-bond donors (Lipinski definition) is 0. The van der Waals surface area contributed by atoms with Gasteiger partial charge in [-0.1, -0.05) is 36.4 Å². The Morgan fingerprint density at radius 2 is 1.56 bits per heavy atom. The van der Waals surface area contributed by atoms with Gasteiger partial charge in [-0.3, -0.25) is 4.90 Å². The molecule has 0 spiro atoms. The summed E-state index contributed by atoms with van der Waals surface area (Å²) in [5.74, 6) is 0. The number of fused-ring (bicyclic) bond motifs is 1. The van der Waals surface area contributed by atoms with Crippen molar-refractivity contribution in [2.45, 2.75) is 11.4 Å². The molecule has 142 valence electrons. The SMILES string of the molecule is CN1CCN(Cc2c(Br)n(S(=O)(=O)c3ccccc3)c3ccccc23)CC1. The van der Waals surface area contributed by atoms with Gasteiger partial charge in [0.2, 0.25) is 0 Å². The van der Waals surface area contributed by atoms with Gasteiger partial charge in [0, 0.05) is 43.7 Å². The lowest BCUT2D eigenvalue weighted by Gasteiger charge is -2.32. The van der Waals surface area contributed by atoms with Gasteiger partial charge < -0.3 is 4.90 Å². The molecule has 2 heterocycles. The lowest BCUT2D eigenvalue weighted by molar-refractivity contribution is 0.148. The van der Waals surface area contributed by atoms with E-state index < -0.39 is 10.0 Å². The van der Waals surface area contributed by atoms with E-state index in [9.17, 15) is 8.42 Å². The van der Waals surface area contributed by atoms with E-state index in [-0.39, 0.29) is 4.90 Å². The van der Waals surface area contributed by atoms with Crippen LogP contribution in [-0.2, 0) is 16.6 Å². The van der Waals surface area contributed by atoms with Crippen molar-refractivity contribution in [2.24, 2.45) is 0 Å². The largest absolute Gasteiger partial charge is 0.304 e. The van der Waals surface area contributed by atoms with Gasteiger partial charge in [0.05, 0.1) is 10.4 Å². The monoisotopic (exact) mass is 447 g/mol. The molecule has 2 aromatic carbocycles. The van der Waals surface area contributed by atoms with Crippen LogP contribution in [0.3, 0.4) is 0 Å². The van der Waals surface area contributed by atoms with Gasteiger partial charge in [0.1, 0.15) is 4.60 Å². The van der Waals surface area contributed by atoms with Crippen molar-refractivity contribution in [3.05, 3.63) is 64.8 Å². The van der Waals surface area contributed by atoms with Crippen LogP contribution in [0, 0.1) is 0 Å². The predicted octanol–water partition coefficient (Wildman–Crippen LogP) is 3.39. The van der Waals surface area contributed by atoms with Crippen LogP contribution in [0.2, 0.25) is 0 Å². The minimum absolute atomic E-state index is 0.289. The Morgan fingerprint density at radius 3 is 2.26 bits per heavy atom. The first-order valence-corrected chi connectivity index (χ1v) is 11.2. The van der Waals surface area contributed by atoms with E-state index in [1.807, 2.05) is 30.3 Å². The maximum Gasteiger partial charge on any atom is 0.269 e. The van der Waals surface area contributed by atoms with E-state index in [0.29, 0.717) is 10.1 Å². The minimum Gasteiger partial charge on any atom is -0.304 e. The van der Waals surface area contributed by atoms with E-state index in [2.05, 4.69) is 32.8 Å². The second kappa shape index (κ2) is 7.39. The minimum atomic E-state index is -3.68. The molecule has 0 N–H and O–H groups in total. The van der Waals surface area contributed by atoms with Gasteiger partial charge >= 0.3 is 0 Å². The normalized spacial score (nSPS) is 16.8. The highest BCUT2D eigenvalue weighted by molar-refractivity contribution is 9.10. The number of piperazine rings is 1. The first-order valence-electron chi connectivity index (χ1n) is 8.98. The van der Waals surface area contributed by atoms with Gasteiger partial charge in [-0.25, -0.2) is 12.4 Å². The molecule has 1 aliphatic heterocycles. The number of benzene rings is 2. The Kier molecular flexibility index (Phi) is 5.11. The van der Waals surface area contributed by atoms with Crippen molar-refractivity contribution >= 4 is 36.9 Å². The lowest BCUT2D eigenvalue weighted by Crippen LogP contribution is -2.43. The van der Waals surface area contributed by atoms with Crippen LogP contribution >= 0.6 is 15.9 Å². The van der Waals surface area contributed by atoms with Gasteiger partial charge in [-0.15, -0.1) is 0 Å². The Balaban J connectivity index is 1.82. The molecule has 1 aliphatic rings. The topological polar surface area (TPSA) is 45.5 Å². The molecule has 0 unspecified atom stereocenters. The number of halogens is 1. The molecular weight excluding hydrogens is 426 g/mol. The Labute approximate surface area is 168 Å². The highest BCUT2D eigenvalue weighted by Crippen LogP contribution is 2.34. The van der Waals surface area contributed by atoms with Crippen LogP contribution in [0.15, 0.2) is 64.1 Å². The van der Waals surface area contributed by atoms with Crippen LogP contribution in [0.25, 0.3) is 10.9 Å². The van der Waals surface area contributed by atoms with E-state index >= 15 is 0 Å². The van der Waals surface area contributed by atoms with Crippen molar-refractivity contribution in [1.29, 1.82) is 0 Å². The third-order valence-electron chi connectivity index (χ3n) is 5.13. The van der Waals surface area contributed by atoms with Crippen LogP contribution < -0.4 is 0 Å². The zero-order valence-electron chi connectivity index (χ0n) is 15.2. The Morgan fingerprint density at radius 1 is 0.926 bits per heavy atom. The molecule has 27 heavy (non-hydrogen) atoms. The number of nitrogens with zero attached hydrogens (tertiary/aromatic N) is 3. The number of likely N-dealkylation sites (N-methyl/N-ethyl adjacent to an activating group) is 1. The highest BCUT2D eigenvalue weighted by atomic mass is 79.9. The van der Waals surface area contributed by atoms with Gasteiger partial charge in [0.15, 0.2) is 0 Å². The molecule has 0 saturated carbocycles. The van der Waals surface area contributed by atoms with E-state index in [1.165, 1.54) is 3.97 Å². The second-order valence-corrected chi connectivity index (χ2v) is 9.49.